The summed E-state index contributed by atoms with van der Waals surface area (Å²) in [6, 6.07) is 3.58. The van der Waals surface area contributed by atoms with Crippen LogP contribution < -0.4 is 5.73 Å². The van der Waals surface area contributed by atoms with Crippen molar-refractivity contribution >= 4 is 0 Å². The van der Waals surface area contributed by atoms with Gasteiger partial charge in [0, 0.05) is 25.7 Å². The lowest BCUT2D eigenvalue weighted by Crippen LogP contribution is -2.28. The SMILES string of the molecule is CCN(CCN)Cc1cc(F)cc(F)c1. The zero-order chi connectivity index (χ0) is 11.3. The number of hydrogen-bond acceptors (Lipinski definition) is 2. The van der Waals surface area contributed by atoms with Gasteiger partial charge in [0.2, 0.25) is 0 Å². The van der Waals surface area contributed by atoms with Crippen molar-refractivity contribution in [2.75, 3.05) is 19.6 Å². The molecule has 0 aliphatic rings. The number of likely N-dealkylation sites (N-methyl/N-ethyl adjacent to an activating group) is 1. The topological polar surface area (TPSA) is 29.3 Å². The molecule has 1 aromatic rings. The van der Waals surface area contributed by atoms with Crippen molar-refractivity contribution in [3.8, 4) is 0 Å². The van der Waals surface area contributed by atoms with E-state index in [1.54, 1.807) is 0 Å². The van der Waals surface area contributed by atoms with Crippen LogP contribution >= 0.6 is 0 Å². The minimum atomic E-state index is -0.534. The average molecular weight is 214 g/mol. The molecule has 0 aromatic heterocycles. The molecule has 0 saturated carbocycles. The third-order valence-electron chi connectivity index (χ3n) is 2.22. The van der Waals surface area contributed by atoms with Gasteiger partial charge in [-0.2, -0.15) is 0 Å². The van der Waals surface area contributed by atoms with Crippen LogP contribution in [0.25, 0.3) is 0 Å². The predicted octanol–water partition coefficient (Wildman–Crippen LogP) is 1.75. The van der Waals surface area contributed by atoms with E-state index in [0.29, 0.717) is 18.7 Å². The summed E-state index contributed by atoms with van der Waals surface area (Å²) >= 11 is 0. The quantitative estimate of drug-likeness (QED) is 0.809. The van der Waals surface area contributed by atoms with Crippen molar-refractivity contribution < 1.29 is 8.78 Å². The first kappa shape index (κ1) is 12.1. The van der Waals surface area contributed by atoms with E-state index in [-0.39, 0.29) is 0 Å². The summed E-state index contributed by atoms with van der Waals surface area (Å²) in [6.07, 6.45) is 0. The van der Waals surface area contributed by atoms with E-state index >= 15 is 0 Å². The fraction of sp³-hybridized carbons (Fsp3) is 0.455. The highest BCUT2D eigenvalue weighted by atomic mass is 19.1. The van der Waals surface area contributed by atoms with Crippen LogP contribution in [0.15, 0.2) is 18.2 Å². The second-order valence-corrected chi connectivity index (χ2v) is 3.44. The van der Waals surface area contributed by atoms with Gasteiger partial charge in [-0.1, -0.05) is 6.92 Å². The molecule has 0 fully saturated rings. The van der Waals surface area contributed by atoms with E-state index in [4.69, 9.17) is 5.73 Å². The standard InChI is InChI=1S/C11H16F2N2/c1-2-15(4-3-14)8-9-5-10(12)7-11(13)6-9/h5-7H,2-4,8,14H2,1H3. The number of nitrogens with zero attached hydrogens (tertiary/aromatic N) is 1. The molecule has 0 heterocycles. The molecule has 0 atom stereocenters. The first-order chi connectivity index (χ1) is 7.15. The highest BCUT2D eigenvalue weighted by Gasteiger charge is 2.05. The molecule has 0 unspecified atom stereocenters. The number of nitrogens with two attached hydrogens (primary N) is 1. The predicted molar refractivity (Wildman–Crippen MR) is 56.4 cm³/mol. The van der Waals surface area contributed by atoms with E-state index < -0.39 is 11.6 Å². The van der Waals surface area contributed by atoms with Crippen LogP contribution in [0.3, 0.4) is 0 Å². The zero-order valence-electron chi connectivity index (χ0n) is 8.84. The van der Waals surface area contributed by atoms with Crippen molar-refractivity contribution in [1.82, 2.24) is 4.90 Å². The molecule has 1 rings (SSSR count). The molecular formula is C11H16F2N2. The lowest BCUT2D eigenvalue weighted by molar-refractivity contribution is 0.287. The van der Waals surface area contributed by atoms with Crippen LogP contribution in [0.5, 0.6) is 0 Å². The molecule has 0 spiro atoms. The summed E-state index contributed by atoms with van der Waals surface area (Å²) in [5.41, 5.74) is 6.07. The Balaban J connectivity index is 2.69. The van der Waals surface area contributed by atoms with Crippen molar-refractivity contribution in [2.24, 2.45) is 5.73 Å². The lowest BCUT2D eigenvalue weighted by atomic mass is 10.2. The van der Waals surface area contributed by atoms with E-state index in [1.807, 2.05) is 11.8 Å². The Hall–Kier alpha value is -1.00. The third kappa shape index (κ3) is 3.93. The van der Waals surface area contributed by atoms with Gasteiger partial charge in [0.05, 0.1) is 0 Å². The second kappa shape index (κ2) is 5.78. The molecule has 4 heteroatoms. The number of halogens is 2. The minimum Gasteiger partial charge on any atom is -0.329 e. The van der Waals surface area contributed by atoms with Crippen LogP contribution in [-0.4, -0.2) is 24.5 Å². The monoisotopic (exact) mass is 214 g/mol. The first-order valence-electron chi connectivity index (χ1n) is 5.03. The van der Waals surface area contributed by atoms with Crippen LogP contribution in [0, 0.1) is 11.6 Å². The summed E-state index contributed by atoms with van der Waals surface area (Å²) in [5.74, 6) is -1.07. The third-order valence-corrected chi connectivity index (χ3v) is 2.22. The van der Waals surface area contributed by atoms with Gasteiger partial charge in [-0.15, -0.1) is 0 Å². The van der Waals surface area contributed by atoms with E-state index in [9.17, 15) is 8.78 Å². The smallest absolute Gasteiger partial charge is 0.126 e. The van der Waals surface area contributed by atoms with Gasteiger partial charge < -0.3 is 5.73 Å². The molecule has 15 heavy (non-hydrogen) atoms. The molecule has 0 amide bonds. The molecule has 0 saturated heterocycles. The highest BCUT2D eigenvalue weighted by Crippen LogP contribution is 2.10. The largest absolute Gasteiger partial charge is 0.329 e. The van der Waals surface area contributed by atoms with Gasteiger partial charge in [-0.05, 0) is 24.2 Å². The summed E-state index contributed by atoms with van der Waals surface area (Å²) in [4.78, 5) is 2.04. The minimum absolute atomic E-state index is 0.530. The Kier molecular flexibility index (Phi) is 4.65. The summed E-state index contributed by atoms with van der Waals surface area (Å²) in [6.45, 7) is 4.61. The normalized spacial score (nSPS) is 11.0. The Morgan fingerprint density at radius 2 is 1.80 bits per heavy atom. The number of benzene rings is 1. The molecule has 0 bridgehead atoms. The number of rotatable bonds is 5. The fourth-order valence-electron chi connectivity index (χ4n) is 1.49. The van der Waals surface area contributed by atoms with Gasteiger partial charge in [0.1, 0.15) is 11.6 Å². The molecule has 0 aliphatic carbocycles. The van der Waals surface area contributed by atoms with E-state index in [1.165, 1.54) is 12.1 Å². The van der Waals surface area contributed by atoms with Crippen molar-refractivity contribution in [3.05, 3.63) is 35.4 Å². The second-order valence-electron chi connectivity index (χ2n) is 3.44. The Bertz CT molecular complexity index is 295. The van der Waals surface area contributed by atoms with Crippen LogP contribution in [0.4, 0.5) is 8.78 Å². The Morgan fingerprint density at radius 3 is 2.27 bits per heavy atom. The summed E-state index contributed by atoms with van der Waals surface area (Å²) < 4.78 is 25.8. The number of hydrogen-bond donors (Lipinski definition) is 1. The van der Waals surface area contributed by atoms with Crippen LogP contribution in [0.1, 0.15) is 12.5 Å². The summed E-state index contributed by atoms with van der Waals surface area (Å²) in [7, 11) is 0. The maximum absolute atomic E-state index is 12.9. The zero-order valence-corrected chi connectivity index (χ0v) is 8.84. The maximum atomic E-state index is 12.9. The van der Waals surface area contributed by atoms with Gasteiger partial charge >= 0.3 is 0 Å². The van der Waals surface area contributed by atoms with Gasteiger partial charge in [-0.3, -0.25) is 4.90 Å². The molecule has 0 radical (unpaired) electrons. The van der Waals surface area contributed by atoms with Crippen molar-refractivity contribution in [2.45, 2.75) is 13.5 Å². The molecular weight excluding hydrogens is 198 g/mol. The first-order valence-corrected chi connectivity index (χ1v) is 5.03. The molecule has 84 valence electrons. The van der Waals surface area contributed by atoms with Crippen LogP contribution in [-0.2, 0) is 6.54 Å². The van der Waals surface area contributed by atoms with E-state index in [2.05, 4.69) is 0 Å². The fourth-order valence-corrected chi connectivity index (χ4v) is 1.49. The molecule has 2 N–H and O–H groups in total. The molecule has 0 aliphatic heterocycles. The molecule has 2 nitrogen and oxygen atoms in total. The Labute approximate surface area is 88.7 Å². The van der Waals surface area contributed by atoms with Crippen LogP contribution in [0.2, 0.25) is 0 Å². The average Bonchev–Trinajstić information content (AvgIpc) is 2.15. The van der Waals surface area contributed by atoms with Crippen molar-refractivity contribution in [1.29, 1.82) is 0 Å². The van der Waals surface area contributed by atoms with Gasteiger partial charge in [0.25, 0.3) is 0 Å². The Morgan fingerprint density at radius 1 is 1.20 bits per heavy atom. The van der Waals surface area contributed by atoms with E-state index in [0.717, 1.165) is 19.2 Å². The van der Waals surface area contributed by atoms with Gasteiger partial charge in [-0.25, -0.2) is 8.78 Å². The summed E-state index contributed by atoms with van der Waals surface area (Å²) in [5, 5.41) is 0. The lowest BCUT2D eigenvalue weighted by Gasteiger charge is -2.19. The molecule has 1 aromatic carbocycles. The van der Waals surface area contributed by atoms with Crippen molar-refractivity contribution in [3.63, 3.8) is 0 Å². The van der Waals surface area contributed by atoms with Gasteiger partial charge in [0.15, 0.2) is 0 Å². The maximum Gasteiger partial charge on any atom is 0.126 e. The highest BCUT2D eigenvalue weighted by molar-refractivity contribution is 5.17.